The number of hydrogen-bond donors (Lipinski definition) is 0. The first-order valence-corrected chi connectivity index (χ1v) is 7.57. The number of hydrogen-bond acceptors (Lipinski definition) is 3. The Kier molecular flexibility index (Phi) is 3.66. The number of carbonyl (C=O) groups is 1. The molecule has 0 radical (unpaired) electrons. The molecule has 0 spiro atoms. The fraction of sp³-hybridized carbons (Fsp3) is 0.812. The first-order valence-electron chi connectivity index (χ1n) is 7.57. The van der Waals surface area contributed by atoms with E-state index in [4.69, 9.17) is 9.47 Å². The number of rotatable bonds is 5. The van der Waals surface area contributed by atoms with Gasteiger partial charge in [0.05, 0.1) is 12.7 Å². The summed E-state index contributed by atoms with van der Waals surface area (Å²) in [6, 6.07) is 0. The molecule has 0 heterocycles. The molecule has 0 aromatic carbocycles. The van der Waals surface area contributed by atoms with E-state index in [-0.39, 0.29) is 5.97 Å². The van der Waals surface area contributed by atoms with Crippen LogP contribution in [0.15, 0.2) is 12.2 Å². The molecule has 4 fully saturated rings. The lowest BCUT2D eigenvalue weighted by atomic mass is 9.55. The Balaban J connectivity index is 1.44. The molecule has 0 amide bonds. The fourth-order valence-corrected chi connectivity index (χ4v) is 4.59. The number of ether oxygens (including phenoxy) is 2. The lowest BCUT2D eigenvalue weighted by Crippen LogP contribution is -2.49. The summed E-state index contributed by atoms with van der Waals surface area (Å²) in [6.45, 7) is 6.13. The molecule has 0 saturated heterocycles. The molecule has 4 bridgehead atoms. The topological polar surface area (TPSA) is 35.5 Å². The highest BCUT2D eigenvalue weighted by Crippen LogP contribution is 2.54. The van der Waals surface area contributed by atoms with Crippen LogP contribution in [0.1, 0.15) is 39.0 Å². The SMILES string of the molecule is C=C(C)C(=O)OCCOC1C2CC3CC(C2)CC1C3. The molecule has 4 rings (SSSR count). The van der Waals surface area contributed by atoms with E-state index in [1.807, 2.05) is 0 Å². The molecule has 4 aliphatic carbocycles. The second-order valence-electron chi connectivity index (χ2n) is 6.68. The summed E-state index contributed by atoms with van der Waals surface area (Å²) >= 11 is 0. The van der Waals surface area contributed by atoms with Crippen molar-refractivity contribution in [2.75, 3.05) is 13.2 Å². The molecule has 4 aliphatic rings. The summed E-state index contributed by atoms with van der Waals surface area (Å²) in [5.74, 6) is 3.18. The molecule has 0 aromatic heterocycles. The Labute approximate surface area is 115 Å². The van der Waals surface area contributed by atoms with E-state index in [2.05, 4.69) is 6.58 Å². The zero-order valence-corrected chi connectivity index (χ0v) is 11.8. The molecule has 106 valence electrons. The van der Waals surface area contributed by atoms with Crippen molar-refractivity contribution >= 4 is 5.97 Å². The van der Waals surface area contributed by atoms with Gasteiger partial charge in [-0.3, -0.25) is 0 Å². The molecule has 19 heavy (non-hydrogen) atoms. The monoisotopic (exact) mass is 264 g/mol. The number of carbonyl (C=O) groups excluding carboxylic acids is 1. The van der Waals surface area contributed by atoms with E-state index < -0.39 is 0 Å². The average Bonchev–Trinajstić information content (AvgIpc) is 2.35. The second kappa shape index (κ2) is 5.28. The molecule has 0 aromatic rings. The molecule has 0 atom stereocenters. The zero-order valence-electron chi connectivity index (χ0n) is 11.8. The van der Waals surface area contributed by atoms with Gasteiger partial charge in [-0.15, -0.1) is 0 Å². The maximum atomic E-state index is 11.3. The summed E-state index contributed by atoms with van der Waals surface area (Å²) in [4.78, 5) is 11.3. The summed E-state index contributed by atoms with van der Waals surface area (Å²) in [5.41, 5.74) is 0.453. The molecular weight excluding hydrogens is 240 g/mol. The Morgan fingerprint density at radius 2 is 1.63 bits per heavy atom. The zero-order chi connectivity index (χ0) is 13.4. The van der Waals surface area contributed by atoms with Crippen LogP contribution in [0, 0.1) is 23.7 Å². The van der Waals surface area contributed by atoms with Crippen molar-refractivity contribution in [2.24, 2.45) is 23.7 Å². The van der Waals surface area contributed by atoms with Gasteiger partial charge in [0.2, 0.25) is 0 Å². The largest absolute Gasteiger partial charge is 0.460 e. The maximum absolute atomic E-state index is 11.3. The molecule has 4 saturated carbocycles. The van der Waals surface area contributed by atoms with Crippen molar-refractivity contribution in [1.82, 2.24) is 0 Å². The van der Waals surface area contributed by atoms with Gasteiger partial charge in [0.25, 0.3) is 0 Å². The third kappa shape index (κ3) is 2.71. The van der Waals surface area contributed by atoms with Crippen LogP contribution >= 0.6 is 0 Å². The smallest absolute Gasteiger partial charge is 0.333 e. The third-order valence-electron chi connectivity index (χ3n) is 5.12. The summed E-state index contributed by atoms with van der Waals surface area (Å²) in [7, 11) is 0. The van der Waals surface area contributed by atoms with E-state index in [9.17, 15) is 4.79 Å². The van der Waals surface area contributed by atoms with Crippen LogP contribution in [0.3, 0.4) is 0 Å². The minimum atomic E-state index is -0.311. The first kappa shape index (κ1) is 13.2. The summed E-state index contributed by atoms with van der Waals surface area (Å²) < 4.78 is 11.1. The normalized spacial score (nSPS) is 39.3. The number of esters is 1. The van der Waals surface area contributed by atoms with Gasteiger partial charge < -0.3 is 9.47 Å². The molecule has 0 aliphatic heterocycles. The minimum absolute atomic E-state index is 0.311. The Bertz CT molecular complexity index is 346. The van der Waals surface area contributed by atoms with E-state index in [1.54, 1.807) is 6.92 Å². The Morgan fingerprint density at radius 3 is 2.16 bits per heavy atom. The van der Waals surface area contributed by atoms with Gasteiger partial charge in [0.1, 0.15) is 6.61 Å². The molecule has 0 unspecified atom stereocenters. The Morgan fingerprint density at radius 1 is 1.05 bits per heavy atom. The molecule has 3 heteroatoms. The van der Waals surface area contributed by atoms with Crippen molar-refractivity contribution in [1.29, 1.82) is 0 Å². The lowest BCUT2D eigenvalue weighted by molar-refractivity contribution is -0.149. The van der Waals surface area contributed by atoms with Crippen LogP contribution in [0.2, 0.25) is 0 Å². The predicted octanol–water partition coefficient (Wildman–Crippen LogP) is 2.95. The van der Waals surface area contributed by atoms with Gasteiger partial charge >= 0.3 is 5.97 Å². The quantitative estimate of drug-likeness (QED) is 0.435. The van der Waals surface area contributed by atoms with Gasteiger partial charge in [-0.05, 0) is 62.7 Å². The van der Waals surface area contributed by atoms with Crippen LogP contribution in [-0.4, -0.2) is 25.3 Å². The van der Waals surface area contributed by atoms with Gasteiger partial charge in [-0.2, -0.15) is 0 Å². The standard InChI is InChI=1S/C16H24O3/c1-10(2)16(17)19-4-3-18-15-13-6-11-5-12(8-13)9-14(15)7-11/h11-15H,1,3-9H2,2H3. The van der Waals surface area contributed by atoms with Crippen LogP contribution in [0.25, 0.3) is 0 Å². The second-order valence-corrected chi connectivity index (χ2v) is 6.68. The minimum Gasteiger partial charge on any atom is -0.460 e. The van der Waals surface area contributed by atoms with Crippen molar-refractivity contribution in [3.63, 3.8) is 0 Å². The average molecular weight is 264 g/mol. The van der Waals surface area contributed by atoms with Gasteiger partial charge in [0.15, 0.2) is 0 Å². The fourth-order valence-electron chi connectivity index (χ4n) is 4.59. The van der Waals surface area contributed by atoms with Crippen molar-refractivity contribution < 1.29 is 14.3 Å². The van der Waals surface area contributed by atoms with Crippen LogP contribution < -0.4 is 0 Å². The van der Waals surface area contributed by atoms with Crippen molar-refractivity contribution in [3.8, 4) is 0 Å². The highest BCUT2D eigenvalue weighted by Gasteiger charge is 2.48. The van der Waals surface area contributed by atoms with Gasteiger partial charge in [-0.25, -0.2) is 4.79 Å². The predicted molar refractivity (Wildman–Crippen MR) is 72.6 cm³/mol. The summed E-state index contributed by atoms with van der Waals surface area (Å²) in [5, 5.41) is 0. The van der Waals surface area contributed by atoms with Crippen LogP contribution in [0.4, 0.5) is 0 Å². The molecule has 0 N–H and O–H groups in total. The molecular formula is C16H24O3. The van der Waals surface area contributed by atoms with Crippen molar-refractivity contribution in [3.05, 3.63) is 12.2 Å². The third-order valence-corrected chi connectivity index (χ3v) is 5.12. The Hall–Kier alpha value is -0.830. The van der Waals surface area contributed by atoms with E-state index in [1.165, 1.54) is 32.1 Å². The van der Waals surface area contributed by atoms with E-state index in [0.29, 0.717) is 24.9 Å². The lowest BCUT2D eigenvalue weighted by Gasteiger charge is -2.54. The highest BCUT2D eigenvalue weighted by atomic mass is 16.6. The van der Waals surface area contributed by atoms with Crippen molar-refractivity contribution in [2.45, 2.75) is 45.1 Å². The highest BCUT2D eigenvalue weighted by molar-refractivity contribution is 5.86. The summed E-state index contributed by atoms with van der Waals surface area (Å²) in [6.07, 6.45) is 7.35. The first-order chi connectivity index (χ1) is 9.13. The van der Waals surface area contributed by atoms with Gasteiger partial charge in [-0.1, -0.05) is 6.58 Å². The van der Waals surface area contributed by atoms with E-state index >= 15 is 0 Å². The maximum Gasteiger partial charge on any atom is 0.333 e. The van der Waals surface area contributed by atoms with Crippen LogP contribution in [-0.2, 0) is 14.3 Å². The van der Waals surface area contributed by atoms with Crippen LogP contribution in [0.5, 0.6) is 0 Å². The molecule has 3 nitrogen and oxygen atoms in total. The van der Waals surface area contributed by atoms with E-state index in [0.717, 1.165) is 23.7 Å². The van der Waals surface area contributed by atoms with Gasteiger partial charge in [0, 0.05) is 5.57 Å².